The van der Waals surface area contributed by atoms with Gasteiger partial charge in [0, 0.05) is 29.9 Å². The summed E-state index contributed by atoms with van der Waals surface area (Å²) < 4.78 is 64.0. The molecule has 0 fully saturated rings. The average Bonchev–Trinajstić information content (AvgIpc) is 3.38. The smallest absolute Gasteiger partial charge is 0.395 e. The minimum Gasteiger partial charge on any atom is -0.395 e. The molecule has 2 aromatic heterocycles. The maximum atomic E-state index is 13.8. The SMILES string of the molecule is CCN(C(=O)Cn1nc(-c2cc(F)cc(F)c2)c2[nH]cnc2c1=O)c1ccc2c(c1)OC(F)(F)O2. The molecular formula is C22H15F4N5O4. The van der Waals surface area contributed by atoms with E-state index in [2.05, 4.69) is 24.5 Å². The number of fused-ring (bicyclic) bond motifs is 2. The van der Waals surface area contributed by atoms with Gasteiger partial charge in [-0.1, -0.05) is 0 Å². The van der Waals surface area contributed by atoms with Crippen molar-refractivity contribution in [1.29, 1.82) is 0 Å². The predicted molar refractivity (Wildman–Crippen MR) is 114 cm³/mol. The van der Waals surface area contributed by atoms with E-state index in [1.807, 2.05) is 0 Å². The number of hydrogen-bond donors (Lipinski definition) is 1. The van der Waals surface area contributed by atoms with E-state index in [1.165, 1.54) is 29.4 Å². The van der Waals surface area contributed by atoms with E-state index in [0.29, 0.717) is 6.07 Å². The number of aromatic amines is 1. The minimum atomic E-state index is -3.81. The summed E-state index contributed by atoms with van der Waals surface area (Å²) in [5.41, 5.74) is -0.386. The maximum absolute atomic E-state index is 13.8. The van der Waals surface area contributed by atoms with Crippen LogP contribution in [-0.2, 0) is 11.3 Å². The number of imidazole rings is 1. The van der Waals surface area contributed by atoms with Gasteiger partial charge >= 0.3 is 6.29 Å². The number of alkyl halides is 2. The van der Waals surface area contributed by atoms with Gasteiger partial charge in [-0.25, -0.2) is 18.4 Å². The van der Waals surface area contributed by atoms with Crippen molar-refractivity contribution in [3.05, 3.63) is 64.7 Å². The zero-order valence-corrected chi connectivity index (χ0v) is 17.9. The number of halogens is 4. The Balaban J connectivity index is 1.51. The summed E-state index contributed by atoms with van der Waals surface area (Å²) >= 11 is 0. The minimum absolute atomic E-state index is 0.0108. The second-order valence-corrected chi connectivity index (χ2v) is 7.53. The first kappa shape index (κ1) is 22.4. The van der Waals surface area contributed by atoms with Gasteiger partial charge in [0.25, 0.3) is 5.56 Å². The molecule has 35 heavy (non-hydrogen) atoms. The molecule has 5 rings (SSSR count). The molecule has 9 nitrogen and oxygen atoms in total. The largest absolute Gasteiger partial charge is 0.586 e. The van der Waals surface area contributed by atoms with Gasteiger partial charge in [-0.2, -0.15) is 5.10 Å². The third-order valence-electron chi connectivity index (χ3n) is 5.27. The molecule has 1 aliphatic rings. The fourth-order valence-corrected chi connectivity index (χ4v) is 3.80. The summed E-state index contributed by atoms with van der Waals surface area (Å²) in [5, 5.41) is 4.16. The number of nitrogens with one attached hydrogen (secondary N) is 1. The van der Waals surface area contributed by atoms with Crippen molar-refractivity contribution in [1.82, 2.24) is 19.7 Å². The average molecular weight is 489 g/mol. The molecule has 4 aromatic rings. The lowest BCUT2D eigenvalue weighted by Crippen LogP contribution is -2.37. The Bertz CT molecular complexity index is 1510. The second kappa shape index (κ2) is 8.11. The Morgan fingerprint density at radius 3 is 2.54 bits per heavy atom. The quantitative estimate of drug-likeness (QED) is 0.431. The molecule has 1 amide bonds. The summed E-state index contributed by atoms with van der Waals surface area (Å²) in [5.74, 6) is -2.75. The first-order chi connectivity index (χ1) is 16.6. The van der Waals surface area contributed by atoms with E-state index in [-0.39, 0.29) is 46.0 Å². The van der Waals surface area contributed by atoms with Crippen LogP contribution in [-0.4, -0.2) is 38.5 Å². The van der Waals surface area contributed by atoms with Gasteiger partial charge in [-0.3, -0.25) is 9.59 Å². The van der Waals surface area contributed by atoms with Crippen molar-refractivity contribution in [2.24, 2.45) is 0 Å². The molecule has 3 heterocycles. The number of hydrogen-bond acceptors (Lipinski definition) is 6. The predicted octanol–water partition coefficient (Wildman–Crippen LogP) is 3.44. The van der Waals surface area contributed by atoms with E-state index < -0.39 is 35.9 Å². The van der Waals surface area contributed by atoms with Crippen LogP contribution < -0.4 is 19.9 Å². The molecule has 0 radical (unpaired) electrons. The Morgan fingerprint density at radius 1 is 1.11 bits per heavy atom. The van der Waals surface area contributed by atoms with Gasteiger partial charge in [0.05, 0.1) is 11.8 Å². The zero-order valence-electron chi connectivity index (χ0n) is 17.9. The molecule has 1 N–H and O–H groups in total. The highest BCUT2D eigenvalue weighted by atomic mass is 19.3. The number of anilines is 1. The number of benzene rings is 2. The lowest BCUT2D eigenvalue weighted by molar-refractivity contribution is -0.286. The Kier molecular flexibility index (Phi) is 5.19. The lowest BCUT2D eigenvalue weighted by atomic mass is 10.1. The van der Waals surface area contributed by atoms with Crippen molar-refractivity contribution in [2.45, 2.75) is 19.8 Å². The monoisotopic (exact) mass is 489 g/mol. The van der Waals surface area contributed by atoms with E-state index in [1.54, 1.807) is 6.92 Å². The number of aromatic nitrogens is 4. The maximum Gasteiger partial charge on any atom is 0.586 e. The molecule has 0 bridgehead atoms. The normalized spacial score (nSPS) is 13.9. The molecule has 180 valence electrons. The number of amides is 1. The Hall–Kier alpha value is -4.42. The lowest BCUT2D eigenvalue weighted by Gasteiger charge is -2.21. The highest BCUT2D eigenvalue weighted by molar-refractivity contribution is 5.94. The number of carbonyl (C=O) groups excluding carboxylic acids is 1. The Morgan fingerprint density at radius 2 is 1.83 bits per heavy atom. The van der Waals surface area contributed by atoms with Crippen LogP contribution in [0.5, 0.6) is 11.5 Å². The number of nitrogens with zero attached hydrogens (tertiary/aromatic N) is 4. The van der Waals surface area contributed by atoms with Crippen LogP contribution in [0.25, 0.3) is 22.3 Å². The summed E-state index contributed by atoms with van der Waals surface area (Å²) in [4.78, 5) is 33.9. The standard InChI is InChI=1S/C22H15F4N5O4/c1-2-30(14-3-4-15-16(8-14)35-22(25,26)34-15)17(32)9-31-21(33)20-19(27-10-28-20)18(29-31)11-5-12(23)7-13(24)6-11/h3-8,10H,2,9H2,1H3,(H,27,28). The van der Waals surface area contributed by atoms with Gasteiger partial charge in [-0.15, -0.1) is 8.78 Å². The highest BCUT2D eigenvalue weighted by Gasteiger charge is 2.43. The van der Waals surface area contributed by atoms with Crippen LogP contribution in [0.3, 0.4) is 0 Å². The number of rotatable bonds is 5. The summed E-state index contributed by atoms with van der Waals surface area (Å²) in [6.07, 6.45) is -2.59. The zero-order chi connectivity index (χ0) is 24.9. The van der Waals surface area contributed by atoms with Crippen LogP contribution in [0.2, 0.25) is 0 Å². The van der Waals surface area contributed by atoms with Gasteiger partial charge in [0.15, 0.2) is 17.0 Å². The van der Waals surface area contributed by atoms with E-state index >= 15 is 0 Å². The van der Waals surface area contributed by atoms with Crippen molar-refractivity contribution in [2.75, 3.05) is 11.4 Å². The van der Waals surface area contributed by atoms with Gasteiger partial charge in [0.1, 0.15) is 23.9 Å². The third kappa shape index (κ3) is 4.05. The summed E-state index contributed by atoms with van der Waals surface area (Å²) in [7, 11) is 0. The number of H-pyrrole nitrogens is 1. The molecule has 0 saturated heterocycles. The first-order valence-corrected chi connectivity index (χ1v) is 10.3. The van der Waals surface area contributed by atoms with Gasteiger partial charge in [-0.05, 0) is 31.2 Å². The molecule has 0 saturated carbocycles. The number of carbonyl (C=O) groups is 1. The van der Waals surface area contributed by atoms with Crippen LogP contribution in [0.4, 0.5) is 23.2 Å². The molecular weight excluding hydrogens is 474 g/mol. The number of ether oxygens (including phenoxy) is 2. The van der Waals surface area contributed by atoms with E-state index in [4.69, 9.17) is 0 Å². The van der Waals surface area contributed by atoms with Crippen molar-refractivity contribution in [3.8, 4) is 22.8 Å². The topological polar surface area (TPSA) is 102 Å². The van der Waals surface area contributed by atoms with E-state index in [0.717, 1.165) is 16.8 Å². The molecule has 0 atom stereocenters. The Labute approximate surface area is 193 Å². The highest BCUT2D eigenvalue weighted by Crippen LogP contribution is 2.42. The van der Waals surface area contributed by atoms with E-state index in [9.17, 15) is 27.2 Å². The first-order valence-electron chi connectivity index (χ1n) is 10.3. The number of likely N-dealkylation sites (N-methyl/N-ethyl adjacent to an activating group) is 1. The third-order valence-corrected chi connectivity index (χ3v) is 5.27. The molecule has 13 heteroatoms. The second-order valence-electron chi connectivity index (χ2n) is 7.53. The fraction of sp³-hybridized carbons (Fsp3) is 0.182. The van der Waals surface area contributed by atoms with Crippen molar-refractivity contribution < 1.29 is 31.8 Å². The van der Waals surface area contributed by atoms with Crippen LogP contribution in [0.1, 0.15) is 6.92 Å². The molecule has 0 aliphatic carbocycles. The van der Waals surface area contributed by atoms with Crippen LogP contribution in [0, 0.1) is 11.6 Å². The summed E-state index contributed by atoms with van der Waals surface area (Å²) in [6, 6.07) is 6.59. The molecule has 0 spiro atoms. The molecule has 0 unspecified atom stereocenters. The van der Waals surface area contributed by atoms with Crippen molar-refractivity contribution >= 4 is 22.6 Å². The van der Waals surface area contributed by atoms with Crippen LogP contribution >= 0.6 is 0 Å². The van der Waals surface area contributed by atoms with Crippen molar-refractivity contribution in [3.63, 3.8) is 0 Å². The molecule has 2 aromatic carbocycles. The summed E-state index contributed by atoms with van der Waals surface area (Å²) in [6.45, 7) is 1.20. The van der Waals surface area contributed by atoms with Gasteiger partial charge in [0.2, 0.25) is 5.91 Å². The molecule has 1 aliphatic heterocycles. The fourth-order valence-electron chi connectivity index (χ4n) is 3.80. The van der Waals surface area contributed by atoms with Crippen LogP contribution in [0.15, 0.2) is 47.5 Å². The van der Waals surface area contributed by atoms with Gasteiger partial charge < -0.3 is 19.4 Å².